The van der Waals surface area contributed by atoms with Crippen LogP contribution in [0.5, 0.6) is 5.75 Å². The predicted molar refractivity (Wildman–Crippen MR) is 79.4 cm³/mol. The summed E-state index contributed by atoms with van der Waals surface area (Å²) >= 11 is 1.53. The zero-order valence-corrected chi connectivity index (χ0v) is 12.6. The van der Waals surface area contributed by atoms with Crippen LogP contribution in [0.2, 0.25) is 0 Å². The molecule has 20 heavy (non-hydrogen) atoms. The van der Waals surface area contributed by atoms with E-state index in [-0.39, 0.29) is 6.61 Å². The number of hydrogen-bond acceptors (Lipinski definition) is 5. The van der Waals surface area contributed by atoms with E-state index in [4.69, 9.17) is 9.47 Å². The van der Waals surface area contributed by atoms with Gasteiger partial charge in [0.2, 0.25) is 0 Å². The Labute approximate surface area is 123 Å². The van der Waals surface area contributed by atoms with Gasteiger partial charge in [-0.15, -0.1) is 11.8 Å². The number of carbonyl (C=O) groups is 1. The third kappa shape index (κ3) is 4.80. The van der Waals surface area contributed by atoms with Crippen LogP contribution in [0.3, 0.4) is 0 Å². The van der Waals surface area contributed by atoms with Crippen molar-refractivity contribution < 1.29 is 19.4 Å². The Kier molecular flexibility index (Phi) is 6.43. The van der Waals surface area contributed by atoms with Gasteiger partial charge in [-0.25, -0.2) is 4.79 Å². The molecule has 0 saturated heterocycles. The smallest absolute Gasteiger partial charge is 0.384 e. The molecule has 0 heterocycles. The van der Waals surface area contributed by atoms with Crippen molar-refractivity contribution >= 4 is 17.7 Å². The summed E-state index contributed by atoms with van der Waals surface area (Å²) in [5, 5.41) is 10.4. The van der Waals surface area contributed by atoms with Crippen LogP contribution in [0.15, 0.2) is 24.3 Å². The van der Waals surface area contributed by atoms with Gasteiger partial charge >= 0.3 is 5.97 Å². The van der Waals surface area contributed by atoms with Crippen molar-refractivity contribution in [3.8, 4) is 17.6 Å². The van der Waals surface area contributed by atoms with Gasteiger partial charge in [-0.2, -0.15) is 0 Å². The molecule has 0 saturated carbocycles. The van der Waals surface area contributed by atoms with E-state index in [2.05, 4.69) is 11.8 Å². The average Bonchev–Trinajstić information content (AvgIpc) is 2.44. The fourth-order valence-electron chi connectivity index (χ4n) is 1.52. The first kappa shape index (κ1) is 16.4. The van der Waals surface area contributed by atoms with Crippen LogP contribution in [0.1, 0.15) is 19.4 Å². The molecule has 0 spiro atoms. The van der Waals surface area contributed by atoms with Crippen molar-refractivity contribution in [1.82, 2.24) is 0 Å². The Morgan fingerprint density at radius 2 is 2.15 bits per heavy atom. The molecular formula is C15H18O4S. The van der Waals surface area contributed by atoms with E-state index in [0.29, 0.717) is 17.3 Å². The van der Waals surface area contributed by atoms with Gasteiger partial charge in [-0.3, -0.25) is 0 Å². The lowest BCUT2D eigenvalue weighted by Gasteiger charge is -2.20. The molecule has 5 heteroatoms. The lowest BCUT2D eigenvalue weighted by atomic mass is 9.96. The van der Waals surface area contributed by atoms with Gasteiger partial charge in [0.1, 0.15) is 11.7 Å². The van der Waals surface area contributed by atoms with Crippen molar-refractivity contribution in [1.29, 1.82) is 0 Å². The molecule has 1 aromatic rings. The summed E-state index contributed by atoms with van der Waals surface area (Å²) < 4.78 is 10.3. The van der Waals surface area contributed by atoms with Crippen LogP contribution in [0.4, 0.5) is 0 Å². The SMILES string of the molecule is CCOC(=O)C#CC(C)(O)c1ccccc1OCSC. The van der Waals surface area contributed by atoms with Crippen LogP contribution in [-0.2, 0) is 15.1 Å². The summed E-state index contributed by atoms with van der Waals surface area (Å²) in [5.74, 6) is 5.16. The molecule has 0 radical (unpaired) electrons. The summed E-state index contributed by atoms with van der Waals surface area (Å²) in [5.41, 5.74) is -0.965. The highest BCUT2D eigenvalue weighted by molar-refractivity contribution is 7.98. The van der Waals surface area contributed by atoms with Crippen molar-refractivity contribution in [2.24, 2.45) is 0 Å². The molecule has 1 N–H and O–H groups in total. The van der Waals surface area contributed by atoms with Gasteiger partial charge in [0.15, 0.2) is 5.60 Å². The zero-order valence-electron chi connectivity index (χ0n) is 11.8. The van der Waals surface area contributed by atoms with Crippen LogP contribution >= 0.6 is 11.8 Å². The van der Waals surface area contributed by atoms with Crippen molar-refractivity contribution in [3.63, 3.8) is 0 Å². The van der Waals surface area contributed by atoms with Gasteiger partial charge in [-0.1, -0.05) is 24.1 Å². The molecule has 0 aliphatic heterocycles. The highest BCUT2D eigenvalue weighted by Crippen LogP contribution is 2.29. The number of para-hydroxylation sites is 1. The maximum absolute atomic E-state index is 11.2. The van der Waals surface area contributed by atoms with Gasteiger partial charge in [0.05, 0.1) is 6.61 Å². The lowest BCUT2D eigenvalue weighted by Crippen LogP contribution is -2.20. The predicted octanol–water partition coefficient (Wildman–Crippen LogP) is 2.16. The normalized spacial score (nSPS) is 12.8. The second-order valence-corrected chi connectivity index (χ2v) is 4.90. The van der Waals surface area contributed by atoms with Gasteiger partial charge in [-0.05, 0) is 26.2 Å². The Morgan fingerprint density at radius 1 is 1.45 bits per heavy atom. The molecule has 108 valence electrons. The number of aliphatic hydroxyl groups is 1. The number of thioether (sulfide) groups is 1. The number of benzene rings is 1. The Bertz CT molecular complexity index is 514. The highest BCUT2D eigenvalue weighted by atomic mass is 32.2. The summed E-state index contributed by atoms with van der Waals surface area (Å²) in [6, 6.07) is 7.07. The van der Waals surface area contributed by atoms with Crippen LogP contribution in [0, 0.1) is 11.8 Å². The van der Waals surface area contributed by atoms with Gasteiger partial charge < -0.3 is 14.6 Å². The molecule has 0 aliphatic carbocycles. The first-order valence-electron chi connectivity index (χ1n) is 6.14. The lowest BCUT2D eigenvalue weighted by molar-refractivity contribution is -0.136. The quantitative estimate of drug-likeness (QED) is 0.390. The molecule has 0 aromatic heterocycles. The first-order chi connectivity index (χ1) is 9.51. The number of ether oxygens (including phenoxy) is 2. The number of hydrogen-bond donors (Lipinski definition) is 1. The largest absolute Gasteiger partial charge is 0.483 e. The minimum absolute atomic E-state index is 0.253. The van der Waals surface area contributed by atoms with Crippen LogP contribution in [0.25, 0.3) is 0 Å². The van der Waals surface area contributed by atoms with Gasteiger partial charge in [0.25, 0.3) is 0 Å². The maximum atomic E-state index is 11.2. The molecule has 0 aliphatic rings. The van der Waals surface area contributed by atoms with Crippen LogP contribution < -0.4 is 4.74 Å². The average molecular weight is 294 g/mol. The summed E-state index contributed by atoms with van der Waals surface area (Å²) in [6.45, 7) is 3.47. The Hall–Kier alpha value is -1.64. The molecule has 0 amide bonds. The summed E-state index contributed by atoms with van der Waals surface area (Å²) in [6.07, 6.45) is 1.92. The second-order valence-electron chi connectivity index (χ2n) is 4.09. The monoisotopic (exact) mass is 294 g/mol. The van der Waals surface area contributed by atoms with E-state index in [9.17, 15) is 9.90 Å². The Balaban J connectivity index is 2.99. The fourth-order valence-corrected chi connectivity index (χ4v) is 1.77. The summed E-state index contributed by atoms with van der Waals surface area (Å²) in [7, 11) is 0. The van der Waals surface area contributed by atoms with E-state index in [1.807, 2.05) is 12.3 Å². The number of carbonyl (C=O) groups excluding carboxylic acids is 1. The molecule has 1 rings (SSSR count). The van der Waals surface area contributed by atoms with E-state index in [1.165, 1.54) is 18.7 Å². The summed E-state index contributed by atoms with van der Waals surface area (Å²) in [4.78, 5) is 11.2. The second kappa shape index (κ2) is 7.83. The topological polar surface area (TPSA) is 55.8 Å². The van der Waals surface area contributed by atoms with Crippen molar-refractivity contribution in [3.05, 3.63) is 29.8 Å². The first-order valence-corrected chi connectivity index (χ1v) is 7.54. The van der Waals surface area contributed by atoms with E-state index in [0.717, 1.165) is 0 Å². The van der Waals surface area contributed by atoms with Crippen molar-refractivity contribution in [2.45, 2.75) is 19.4 Å². The van der Waals surface area contributed by atoms with Gasteiger partial charge in [0, 0.05) is 11.5 Å². The van der Waals surface area contributed by atoms with E-state index < -0.39 is 11.6 Å². The maximum Gasteiger partial charge on any atom is 0.384 e. The molecular weight excluding hydrogens is 276 g/mol. The molecule has 0 fully saturated rings. The third-order valence-corrected chi connectivity index (χ3v) is 2.78. The van der Waals surface area contributed by atoms with E-state index >= 15 is 0 Å². The number of rotatable bonds is 5. The molecule has 1 atom stereocenters. The fraction of sp³-hybridized carbons (Fsp3) is 0.400. The molecule has 1 aromatic carbocycles. The zero-order chi connectivity index (χ0) is 15.0. The minimum Gasteiger partial charge on any atom is -0.483 e. The molecule has 0 bridgehead atoms. The Morgan fingerprint density at radius 3 is 2.80 bits per heavy atom. The van der Waals surface area contributed by atoms with Crippen LogP contribution in [-0.4, -0.2) is 29.9 Å². The van der Waals surface area contributed by atoms with Crippen molar-refractivity contribution in [2.75, 3.05) is 18.8 Å². The van der Waals surface area contributed by atoms with E-state index in [1.54, 1.807) is 25.1 Å². The third-order valence-electron chi connectivity index (χ3n) is 2.43. The molecule has 4 nitrogen and oxygen atoms in total. The minimum atomic E-state index is -1.48. The highest BCUT2D eigenvalue weighted by Gasteiger charge is 2.24. The standard InChI is InChI=1S/C15H18O4S/c1-4-18-14(16)9-10-15(2,17)12-7-5-6-8-13(12)19-11-20-3/h5-8,17H,4,11H2,1-3H3. The number of esters is 1. The molecule has 1 unspecified atom stereocenters.